The fraction of sp³-hybridized carbons (Fsp3) is 0.304. The van der Waals surface area contributed by atoms with Crippen LogP contribution in [-0.4, -0.2) is 54.3 Å². The van der Waals surface area contributed by atoms with E-state index in [9.17, 15) is 9.59 Å². The molecule has 2 amide bonds. The first-order valence-corrected chi connectivity index (χ1v) is 10.6. The second-order valence-corrected chi connectivity index (χ2v) is 8.20. The maximum atomic E-state index is 12.5. The summed E-state index contributed by atoms with van der Waals surface area (Å²) in [5.74, 6) is -0.133. The van der Waals surface area contributed by atoms with E-state index in [0.29, 0.717) is 48.3 Å². The van der Waals surface area contributed by atoms with Gasteiger partial charge in [0, 0.05) is 53.6 Å². The van der Waals surface area contributed by atoms with Crippen LogP contribution in [0.15, 0.2) is 42.5 Å². The number of amides is 2. The highest BCUT2D eigenvalue weighted by molar-refractivity contribution is 6.37. The van der Waals surface area contributed by atoms with Crippen molar-refractivity contribution in [2.75, 3.05) is 38.0 Å². The van der Waals surface area contributed by atoms with Crippen LogP contribution < -0.4 is 5.32 Å². The highest BCUT2D eigenvalue weighted by Gasteiger charge is 2.21. The van der Waals surface area contributed by atoms with Crippen molar-refractivity contribution in [3.63, 3.8) is 0 Å². The molecule has 5 nitrogen and oxygen atoms in total. The number of rotatable bonds is 5. The Bertz CT molecular complexity index is 926. The first kappa shape index (κ1) is 22.3. The van der Waals surface area contributed by atoms with Crippen molar-refractivity contribution in [3.05, 3.63) is 69.2 Å². The molecule has 0 radical (unpaired) electrons. The minimum Gasteiger partial charge on any atom is -0.337 e. The Morgan fingerprint density at radius 3 is 2.13 bits per heavy atom. The van der Waals surface area contributed by atoms with Crippen LogP contribution in [0.5, 0.6) is 0 Å². The summed E-state index contributed by atoms with van der Waals surface area (Å²) in [6.45, 7) is 6.69. The lowest BCUT2D eigenvalue weighted by Crippen LogP contribution is -2.50. The highest BCUT2D eigenvalue weighted by atomic mass is 35.5. The Balaban J connectivity index is 1.50. The molecule has 1 heterocycles. The number of nitrogens with one attached hydrogen (secondary N) is 1. The zero-order valence-electron chi connectivity index (χ0n) is 17.1. The number of halogens is 2. The van der Waals surface area contributed by atoms with Gasteiger partial charge in [-0.1, -0.05) is 47.5 Å². The van der Waals surface area contributed by atoms with E-state index in [1.807, 2.05) is 32.0 Å². The maximum absolute atomic E-state index is 12.5. The summed E-state index contributed by atoms with van der Waals surface area (Å²) >= 11 is 12.3. The summed E-state index contributed by atoms with van der Waals surface area (Å²) in [6, 6.07) is 11.2. The van der Waals surface area contributed by atoms with Crippen LogP contribution in [0.2, 0.25) is 10.0 Å². The van der Waals surface area contributed by atoms with Gasteiger partial charge in [0.15, 0.2) is 0 Å². The molecule has 1 N–H and O–H groups in total. The molecular formula is C23H25Cl2N3O2. The largest absolute Gasteiger partial charge is 0.337 e. The van der Waals surface area contributed by atoms with Crippen molar-refractivity contribution in [1.82, 2.24) is 9.80 Å². The zero-order chi connectivity index (χ0) is 21.7. The third-order valence-electron chi connectivity index (χ3n) is 5.19. The number of piperazine rings is 1. The SMILES string of the molecule is Cc1cccc(C)c1NC(=O)CN1CCN(C(=O)/C=C/c2c(Cl)cccc2Cl)CC1. The highest BCUT2D eigenvalue weighted by Crippen LogP contribution is 2.25. The van der Waals surface area contributed by atoms with E-state index in [-0.39, 0.29) is 11.8 Å². The lowest BCUT2D eigenvalue weighted by Gasteiger charge is -2.33. The fourth-order valence-electron chi connectivity index (χ4n) is 3.45. The topological polar surface area (TPSA) is 52.7 Å². The van der Waals surface area contributed by atoms with Crippen molar-refractivity contribution < 1.29 is 9.59 Å². The molecule has 1 aliphatic rings. The monoisotopic (exact) mass is 445 g/mol. The molecule has 1 fully saturated rings. The van der Waals surface area contributed by atoms with Gasteiger partial charge in [-0.2, -0.15) is 0 Å². The maximum Gasteiger partial charge on any atom is 0.246 e. The Hall–Kier alpha value is -2.34. The number of aryl methyl sites for hydroxylation is 2. The quantitative estimate of drug-likeness (QED) is 0.693. The van der Waals surface area contributed by atoms with Crippen LogP contribution in [0.1, 0.15) is 16.7 Å². The fourth-order valence-corrected chi connectivity index (χ4v) is 3.97. The van der Waals surface area contributed by atoms with E-state index in [1.54, 1.807) is 29.2 Å². The van der Waals surface area contributed by atoms with Crippen molar-refractivity contribution in [2.24, 2.45) is 0 Å². The van der Waals surface area contributed by atoms with Gasteiger partial charge in [-0.15, -0.1) is 0 Å². The van der Waals surface area contributed by atoms with Gasteiger partial charge in [-0.3, -0.25) is 14.5 Å². The molecule has 158 valence electrons. The number of para-hydroxylation sites is 1. The minimum atomic E-state index is -0.0920. The number of carbonyl (C=O) groups is 2. The van der Waals surface area contributed by atoms with E-state index < -0.39 is 0 Å². The lowest BCUT2D eigenvalue weighted by atomic mass is 10.1. The van der Waals surface area contributed by atoms with E-state index >= 15 is 0 Å². The van der Waals surface area contributed by atoms with Gasteiger partial charge in [-0.25, -0.2) is 0 Å². The van der Waals surface area contributed by atoms with Gasteiger partial charge in [0.25, 0.3) is 0 Å². The van der Waals surface area contributed by atoms with Crippen LogP contribution in [0, 0.1) is 13.8 Å². The van der Waals surface area contributed by atoms with Gasteiger partial charge < -0.3 is 10.2 Å². The van der Waals surface area contributed by atoms with E-state index in [1.165, 1.54) is 6.08 Å². The molecule has 0 aliphatic carbocycles. The molecule has 1 aliphatic heterocycles. The first-order valence-electron chi connectivity index (χ1n) is 9.84. The van der Waals surface area contributed by atoms with E-state index in [0.717, 1.165) is 16.8 Å². The van der Waals surface area contributed by atoms with Crippen molar-refractivity contribution >= 4 is 46.8 Å². The lowest BCUT2D eigenvalue weighted by molar-refractivity contribution is -0.127. The Kier molecular flexibility index (Phi) is 7.53. The Morgan fingerprint density at radius 1 is 0.967 bits per heavy atom. The summed E-state index contributed by atoms with van der Waals surface area (Å²) in [7, 11) is 0. The van der Waals surface area contributed by atoms with Crippen molar-refractivity contribution in [2.45, 2.75) is 13.8 Å². The minimum absolute atomic E-state index is 0.0413. The van der Waals surface area contributed by atoms with Gasteiger partial charge in [0.05, 0.1) is 6.54 Å². The van der Waals surface area contributed by atoms with Crippen LogP contribution >= 0.6 is 23.2 Å². The summed E-state index contributed by atoms with van der Waals surface area (Å²) in [6.07, 6.45) is 3.15. The number of hydrogen-bond donors (Lipinski definition) is 1. The zero-order valence-corrected chi connectivity index (χ0v) is 18.6. The van der Waals surface area contributed by atoms with Crippen LogP contribution in [0.3, 0.4) is 0 Å². The molecule has 3 rings (SSSR count). The summed E-state index contributed by atoms with van der Waals surface area (Å²) < 4.78 is 0. The van der Waals surface area contributed by atoms with Crippen molar-refractivity contribution in [1.29, 1.82) is 0 Å². The number of carbonyl (C=O) groups excluding carboxylic acids is 2. The third-order valence-corrected chi connectivity index (χ3v) is 5.85. The summed E-state index contributed by atoms with van der Waals surface area (Å²) in [5.41, 5.74) is 3.60. The predicted molar refractivity (Wildman–Crippen MR) is 123 cm³/mol. The smallest absolute Gasteiger partial charge is 0.246 e. The van der Waals surface area contributed by atoms with Gasteiger partial charge >= 0.3 is 0 Å². The summed E-state index contributed by atoms with van der Waals surface area (Å²) in [5, 5.41) is 4.02. The molecule has 0 aromatic heterocycles. The molecule has 0 saturated carbocycles. The number of anilines is 1. The Labute approximate surface area is 187 Å². The van der Waals surface area contributed by atoms with Crippen LogP contribution in [0.25, 0.3) is 6.08 Å². The van der Waals surface area contributed by atoms with Gasteiger partial charge in [0.2, 0.25) is 11.8 Å². The second kappa shape index (κ2) is 10.1. The normalized spacial score (nSPS) is 14.9. The first-order chi connectivity index (χ1) is 14.3. The van der Waals surface area contributed by atoms with Crippen molar-refractivity contribution in [3.8, 4) is 0 Å². The van der Waals surface area contributed by atoms with E-state index in [4.69, 9.17) is 23.2 Å². The standard InChI is InChI=1S/C23H25Cl2N3O2/c1-16-5-3-6-17(2)23(16)26-21(29)15-27-11-13-28(14-12-27)22(30)10-9-18-19(24)7-4-8-20(18)25/h3-10H,11-15H2,1-2H3,(H,26,29)/b10-9+. The average Bonchev–Trinajstić information content (AvgIpc) is 2.71. The average molecular weight is 446 g/mol. The molecule has 0 atom stereocenters. The molecule has 0 spiro atoms. The molecule has 2 aromatic carbocycles. The molecular weight excluding hydrogens is 421 g/mol. The molecule has 1 saturated heterocycles. The summed E-state index contributed by atoms with van der Waals surface area (Å²) in [4.78, 5) is 28.8. The van der Waals surface area contributed by atoms with Crippen LogP contribution in [-0.2, 0) is 9.59 Å². The van der Waals surface area contributed by atoms with Gasteiger partial charge in [0.1, 0.15) is 0 Å². The molecule has 7 heteroatoms. The second-order valence-electron chi connectivity index (χ2n) is 7.39. The number of nitrogens with zero attached hydrogens (tertiary/aromatic N) is 2. The van der Waals surface area contributed by atoms with E-state index in [2.05, 4.69) is 10.2 Å². The Morgan fingerprint density at radius 2 is 1.53 bits per heavy atom. The van der Waals surface area contributed by atoms with Gasteiger partial charge in [-0.05, 0) is 43.2 Å². The number of benzene rings is 2. The molecule has 0 bridgehead atoms. The predicted octanol–water partition coefficient (Wildman–Crippen LogP) is 4.41. The van der Waals surface area contributed by atoms with Crippen LogP contribution in [0.4, 0.5) is 5.69 Å². The third kappa shape index (κ3) is 5.63. The number of hydrogen-bond acceptors (Lipinski definition) is 3. The molecule has 30 heavy (non-hydrogen) atoms. The molecule has 2 aromatic rings. The molecule has 0 unspecified atom stereocenters.